The molecule has 11 heteroatoms. The summed E-state index contributed by atoms with van der Waals surface area (Å²) >= 11 is 0. The Bertz CT molecular complexity index is 1650. The standard InChI is InChI=1S/C34H45N5O5S/c1-34(2,3)44-33(41)36-29(32(40)38(4)5)24-14-12-13-23(19-24)25-20-27-30(26-15-10-11-16-28(26)42-6)37-39(31(27)35-21-25)22-43-17-18-45(7,8)9/h10-16,19-21,29H,17-18,22H2,1-9H3,(H,36,41). The average Bonchev–Trinajstić information content (AvgIpc) is 3.34. The zero-order valence-electron chi connectivity index (χ0n) is 27.7. The van der Waals surface area contributed by atoms with Gasteiger partial charge in [0.05, 0.1) is 13.7 Å². The molecule has 0 spiro atoms. The Hall–Kier alpha value is -4.09. The molecule has 0 saturated carbocycles. The molecule has 1 unspecified atom stereocenters. The van der Waals surface area contributed by atoms with Gasteiger partial charge >= 0.3 is 6.09 Å². The smallest absolute Gasteiger partial charge is 0.408 e. The third-order valence-corrected chi connectivity index (χ3v) is 8.30. The fourth-order valence-corrected chi connectivity index (χ4v) is 5.29. The third kappa shape index (κ3) is 8.76. The number of hydrogen-bond acceptors (Lipinski definition) is 7. The van der Waals surface area contributed by atoms with Crippen LogP contribution >= 0.6 is 10.0 Å². The van der Waals surface area contributed by atoms with Gasteiger partial charge in [-0.3, -0.25) is 4.79 Å². The van der Waals surface area contributed by atoms with E-state index < -0.39 is 27.8 Å². The highest BCUT2D eigenvalue weighted by atomic mass is 32.3. The summed E-state index contributed by atoms with van der Waals surface area (Å²) < 4.78 is 18.9. The van der Waals surface area contributed by atoms with E-state index in [9.17, 15) is 9.59 Å². The van der Waals surface area contributed by atoms with Crippen molar-refractivity contribution in [3.63, 3.8) is 0 Å². The number of carbonyl (C=O) groups excluding carboxylic acids is 2. The van der Waals surface area contributed by atoms with Gasteiger partial charge < -0.3 is 24.4 Å². The van der Waals surface area contributed by atoms with Gasteiger partial charge in [0.15, 0.2) is 5.65 Å². The van der Waals surface area contributed by atoms with E-state index in [1.54, 1.807) is 52.9 Å². The largest absolute Gasteiger partial charge is 0.496 e. The molecule has 1 atom stereocenters. The van der Waals surface area contributed by atoms with Gasteiger partial charge in [-0.1, -0.05) is 30.3 Å². The van der Waals surface area contributed by atoms with Crippen molar-refractivity contribution >= 4 is 33.1 Å². The second kappa shape index (κ2) is 13.9. The van der Waals surface area contributed by atoms with E-state index in [4.69, 9.17) is 24.3 Å². The number of nitrogens with one attached hydrogen (secondary N) is 1. The summed E-state index contributed by atoms with van der Waals surface area (Å²) in [5.41, 5.74) is 3.82. The van der Waals surface area contributed by atoms with Crippen LogP contribution in [0.5, 0.6) is 5.75 Å². The second-order valence-corrected chi connectivity index (χ2v) is 17.5. The first-order chi connectivity index (χ1) is 21.2. The zero-order valence-corrected chi connectivity index (χ0v) is 28.5. The Labute approximate surface area is 267 Å². The Morgan fingerprint density at radius 3 is 2.42 bits per heavy atom. The molecule has 10 nitrogen and oxygen atoms in total. The molecule has 4 rings (SSSR count). The number of carbonyl (C=O) groups is 2. The highest BCUT2D eigenvalue weighted by Crippen LogP contribution is 2.36. The first-order valence-corrected chi connectivity index (χ1v) is 17.7. The van der Waals surface area contributed by atoms with Gasteiger partial charge in [0.1, 0.15) is 29.8 Å². The lowest BCUT2D eigenvalue weighted by molar-refractivity contribution is -0.131. The molecule has 2 aromatic carbocycles. The van der Waals surface area contributed by atoms with Crippen LogP contribution in [0.2, 0.25) is 0 Å². The minimum Gasteiger partial charge on any atom is -0.496 e. The number of fused-ring (bicyclic) bond motifs is 1. The maximum absolute atomic E-state index is 13.2. The predicted octanol–water partition coefficient (Wildman–Crippen LogP) is 6.10. The minimum absolute atomic E-state index is 0.271. The number of benzene rings is 2. The van der Waals surface area contributed by atoms with Crippen LogP contribution in [0.25, 0.3) is 33.4 Å². The molecule has 242 valence electrons. The average molecular weight is 636 g/mol. The van der Waals surface area contributed by atoms with E-state index in [1.807, 2.05) is 54.6 Å². The molecule has 1 N–H and O–H groups in total. The molecule has 0 fully saturated rings. The van der Waals surface area contributed by atoms with Crippen molar-refractivity contribution in [1.82, 2.24) is 25.0 Å². The maximum Gasteiger partial charge on any atom is 0.408 e. The van der Waals surface area contributed by atoms with Crippen molar-refractivity contribution in [2.45, 2.75) is 39.1 Å². The summed E-state index contributed by atoms with van der Waals surface area (Å²) in [6, 6.07) is 16.4. The van der Waals surface area contributed by atoms with Crippen molar-refractivity contribution in [1.29, 1.82) is 0 Å². The molecule has 2 aromatic heterocycles. The normalized spacial score (nSPS) is 12.9. The van der Waals surface area contributed by atoms with E-state index in [0.717, 1.165) is 33.5 Å². The van der Waals surface area contributed by atoms with E-state index in [-0.39, 0.29) is 12.6 Å². The lowest BCUT2D eigenvalue weighted by Gasteiger charge is -2.25. The number of ether oxygens (including phenoxy) is 3. The van der Waals surface area contributed by atoms with Crippen molar-refractivity contribution in [3.05, 3.63) is 66.4 Å². The molecule has 0 saturated heterocycles. The third-order valence-electron chi connectivity index (χ3n) is 6.90. The van der Waals surface area contributed by atoms with E-state index in [0.29, 0.717) is 23.6 Å². The van der Waals surface area contributed by atoms with Crippen LogP contribution in [-0.2, 0) is 21.0 Å². The number of nitrogens with zero attached hydrogens (tertiary/aromatic N) is 4. The van der Waals surface area contributed by atoms with Crippen molar-refractivity contribution in [3.8, 4) is 28.1 Å². The summed E-state index contributed by atoms with van der Waals surface area (Å²) in [5.74, 6) is 1.42. The van der Waals surface area contributed by atoms with E-state index >= 15 is 0 Å². The van der Waals surface area contributed by atoms with Crippen LogP contribution in [0.1, 0.15) is 32.4 Å². The fourth-order valence-electron chi connectivity index (χ4n) is 4.68. The van der Waals surface area contributed by atoms with Gasteiger partial charge in [-0.2, -0.15) is 5.10 Å². The summed E-state index contributed by atoms with van der Waals surface area (Å²) in [7, 11) is 4.26. The van der Waals surface area contributed by atoms with Gasteiger partial charge in [-0.25, -0.2) is 24.5 Å². The van der Waals surface area contributed by atoms with Crippen LogP contribution in [0.15, 0.2) is 60.8 Å². The molecule has 0 aliphatic carbocycles. The van der Waals surface area contributed by atoms with Crippen LogP contribution < -0.4 is 10.1 Å². The van der Waals surface area contributed by atoms with Crippen LogP contribution in [0.4, 0.5) is 4.79 Å². The first kappa shape index (κ1) is 33.8. The number of methoxy groups -OCH3 is 1. The molecular formula is C34H45N5O5S. The monoisotopic (exact) mass is 635 g/mol. The molecule has 0 radical (unpaired) electrons. The van der Waals surface area contributed by atoms with Gasteiger partial charge in [0, 0.05) is 42.6 Å². The SMILES string of the molecule is COc1ccccc1-c1nn(COCCS(C)(C)C)c2ncc(-c3cccc(C(NC(=O)OC(C)(C)C)C(=O)N(C)C)c3)cc12. The van der Waals surface area contributed by atoms with Crippen molar-refractivity contribution < 1.29 is 23.8 Å². The van der Waals surface area contributed by atoms with Crippen molar-refractivity contribution in [2.75, 3.05) is 52.3 Å². The quantitative estimate of drug-likeness (QED) is 0.199. The Kier molecular flexibility index (Phi) is 10.4. The molecular weight excluding hydrogens is 590 g/mol. The number of para-hydroxylation sites is 1. The molecule has 0 bridgehead atoms. The number of aromatic nitrogens is 3. The van der Waals surface area contributed by atoms with Gasteiger partial charge in [-0.05, 0) is 74.9 Å². The molecule has 0 aliphatic rings. The summed E-state index contributed by atoms with van der Waals surface area (Å²) in [4.78, 5) is 32.2. The Balaban J connectivity index is 1.75. The lowest BCUT2D eigenvalue weighted by atomic mass is 9.98. The van der Waals surface area contributed by atoms with Gasteiger partial charge in [-0.15, -0.1) is 0 Å². The van der Waals surface area contributed by atoms with Crippen LogP contribution in [0.3, 0.4) is 0 Å². The van der Waals surface area contributed by atoms with Crippen LogP contribution in [0, 0.1) is 0 Å². The van der Waals surface area contributed by atoms with Gasteiger partial charge in [0.25, 0.3) is 0 Å². The Morgan fingerprint density at radius 1 is 1.02 bits per heavy atom. The highest BCUT2D eigenvalue weighted by Gasteiger charge is 2.27. The number of hydrogen-bond donors (Lipinski definition) is 1. The molecule has 2 amide bonds. The van der Waals surface area contributed by atoms with E-state index in [2.05, 4.69) is 24.1 Å². The minimum atomic E-state index is -0.939. The number of likely N-dealkylation sites (N-methyl/N-ethyl adjacent to an activating group) is 1. The molecule has 4 aromatic rings. The molecule has 45 heavy (non-hydrogen) atoms. The lowest BCUT2D eigenvalue weighted by Crippen LogP contribution is -2.42. The van der Waals surface area contributed by atoms with Crippen molar-refractivity contribution in [2.24, 2.45) is 0 Å². The molecule has 2 heterocycles. The number of pyridine rings is 1. The summed E-state index contributed by atoms with van der Waals surface area (Å²) in [6.45, 7) is 6.24. The zero-order chi connectivity index (χ0) is 32.9. The van der Waals surface area contributed by atoms with E-state index in [1.165, 1.54) is 4.90 Å². The fraction of sp³-hybridized carbons (Fsp3) is 0.412. The molecule has 0 aliphatic heterocycles. The number of alkyl carbamates (subject to hydrolysis) is 1. The summed E-state index contributed by atoms with van der Waals surface area (Å²) in [5, 5.41) is 8.52. The van der Waals surface area contributed by atoms with Crippen LogP contribution in [-0.4, -0.2) is 89.6 Å². The maximum atomic E-state index is 13.2. The predicted molar refractivity (Wildman–Crippen MR) is 182 cm³/mol. The highest BCUT2D eigenvalue weighted by molar-refractivity contribution is 8.32. The summed E-state index contributed by atoms with van der Waals surface area (Å²) in [6.07, 6.45) is 7.92. The number of rotatable bonds is 11. The Morgan fingerprint density at radius 2 is 1.76 bits per heavy atom. The number of amides is 2. The second-order valence-electron chi connectivity index (χ2n) is 12.9. The first-order valence-electron chi connectivity index (χ1n) is 14.7. The topological polar surface area (TPSA) is 108 Å². The van der Waals surface area contributed by atoms with Gasteiger partial charge in [0.2, 0.25) is 5.91 Å².